The topological polar surface area (TPSA) is 38.0 Å². The summed E-state index contributed by atoms with van der Waals surface area (Å²) in [6.45, 7) is 2.02. The summed E-state index contributed by atoms with van der Waals surface area (Å²) in [6.07, 6.45) is 0. The zero-order chi connectivity index (χ0) is 12.4. The smallest absolute Gasteiger partial charge is 0.139 e. The average molecular weight is 315 g/mol. The van der Waals surface area contributed by atoms with E-state index in [0.29, 0.717) is 15.8 Å². The van der Waals surface area contributed by atoms with Crippen LogP contribution in [0.5, 0.6) is 0 Å². The van der Waals surface area contributed by atoms with E-state index in [4.69, 9.17) is 5.73 Å². The SMILES string of the molecule is CC(Nc1cc(F)c(Br)cc1N)c1cccs1. The lowest BCUT2D eigenvalue weighted by Gasteiger charge is -2.16. The number of thiophene rings is 1. The lowest BCUT2D eigenvalue weighted by Crippen LogP contribution is -2.07. The number of hydrogen-bond donors (Lipinski definition) is 2. The highest BCUT2D eigenvalue weighted by molar-refractivity contribution is 9.10. The molecule has 1 unspecified atom stereocenters. The maximum absolute atomic E-state index is 13.4. The number of benzene rings is 1. The number of rotatable bonds is 3. The van der Waals surface area contributed by atoms with E-state index in [1.54, 1.807) is 17.4 Å². The van der Waals surface area contributed by atoms with Crippen molar-refractivity contribution in [1.82, 2.24) is 0 Å². The van der Waals surface area contributed by atoms with Crippen molar-refractivity contribution in [2.75, 3.05) is 11.1 Å². The molecular formula is C12H12BrFN2S. The van der Waals surface area contributed by atoms with Crippen LogP contribution in [0.2, 0.25) is 0 Å². The van der Waals surface area contributed by atoms with E-state index in [-0.39, 0.29) is 11.9 Å². The van der Waals surface area contributed by atoms with Gasteiger partial charge >= 0.3 is 0 Å². The molecule has 1 aromatic carbocycles. The van der Waals surface area contributed by atoms with Gasteiger partial charge in [0.25, 0.3) is 0 Å². The highest BCUT2D eigenvalue weighted by Gasteiger charge is 2.10. The normalized spacial score (nSPS) is 12.4. The average Bonchev–Trinajstić information content (AvgIpc) is 2.79. The molecule has 1 aromatic heterocycles. The molecule has 0 fully saturated rings. The largest absolute Gasteiger partial charge is 0.397 e. The molecule has 0 saturated heterocycles. The van der Waals surface area contributed by atoms with E-state index < -0.39 is 0 Å². The van der Waals surface area contributed by atoms with Gasteiger partial charge in [-0.1, -0.05) is 6.07 Å². The van der Waals surface area contributed by atoms with E-state index in [1.807, 2.05) is 24.4 Å². The van der Waals surface area contributed by atoms with Gasteiger partial charge in [-0.15, -0.1) is 11.3 Å². The van der Waals surface area contributed by atoms with Gasteiger partial charge in [0.1, 0.15) is 5.82 Å². The molecule has 2 nitrogen and oxygen atoms in total. The Hall–Kier alpha value is -1.07. The van der Waals surface area contributed by atoms with Gasteiger partial charge in [-0.2, -0.15) is 0 Å². The van der Waals surface area contributed by atoms with Crippen LogP contribution in [-0.2, 0) is 0 Å². The molecule has 0 radical (unpaired) electrons. The summed E-state index contributed by atoms with van der Waals surface area (Å²) in [7, 11) is 0. The molecule has 2 aromatic rings. The van der Waals surface area contributed by atoms with Crippen LogP contribution in [0.1, 0.15) is 17.8 Å². The van der Waals surface area contributed by atoms with Crippen LogP contribution < -0.4 is 11.1 Å². The molecule has 0 aliphatic rings. The summed E-state index contributed by atoms with van der Waals surface area (Å²) in [4.78, 5) is 1.19. The fraction of sp³-hybridized carbons (Fsp3) is 0.167. The van der Waals surface area contributed by atoms with Gasteiger partial charge in [0.15, 0.2) is 0 Å². The molecule has 17 heavy (non-hydrogen) atoms. The van der Waals surface area contributed by atoms with Gasteiger partial charge in [-0.3, -0.25) is 0 Å². The highest BCUT2D eigenvalue weighted by atomic mass is 79.9. The molecule has 0 saturated carbocycles. The number of nitrogens with one attached hydrogen (secondary N) is 1. The molecule has 0 amide bonds. The van der Waals surface area contributed by atoms with Crippen LogP contribution in [0.15, 0.2) is 34.1 Å². The molecule has 1 atom stereocenters. The molecule has 90 valence electrons. The predicted molar refractivity (Wildman–Crippen MR) is 74.9 cm³/mol. The third-order valence-electron chi connectivity index (χ3n) is 2.43. The van der Waals surface area contributed by atoms with Crippen LogP contribution in [-0.4, -0.2) is 0 Å². The first-order valence-electron chi connectivity index (χ1n) is 5.12. The standard InChI is InChI=1S/C12H12BrFN2S/c1-7(12-3-2-4-17-12)16-11-6-9(14)8(13)5-10(11)15/h2-7,16H,15H2,1H3. The van der Waals surface area contributed by atoms with Crippen molar-refractivity contribution in [2.24, 2.45) is 0 Å². The fourth-order valence-corrected chi connectivity index (χ4v) is 2.62. The van der Waals surface area contributed by atoms with Gasteiger partial charge in [0.2, 0.25) is 0 Å². The van der Waals surface area contributed by atoms with E-state index in [1.165, 1.54) is 10.9 Å². The summed E-state index contributed by atoms with van der Waals surface area (Å²) in [5, 5.41) is 5.22. The van der Waals surface area contributed by atoms with Crippen molar-refractivity contribution in [3.8, 4) is 0 Å². The minimum atomic E-state index is -0.319. The van der Waals surface area contributed by atoms with Crippen LogP contribution >= 0.6 is 27.3 Å². The quantitative estimate of drug-likeness (QED) is 0.824. The molecule has 0 aliphatic heterocycles. The van der Waals surface area contributed by atoms with Crippen molar-refractivity contribution >= 4 is 38.6 Å². The second-order valence-electron chi connectivity index (χ2n) is 3.74. The summed E-state index contributed by atoms with van der Waals surface area (Å²) >= 11 is 4.76. The summed E-state index contributed by atoms with van der Waals surface area (Å²) in [5.41, 5.74) is 6.98. The monoisotopic (exact) mass is 314 g/mol. The van der Waals surface area contributed by atoms with E-state index in [2.05, 4.69) is 21.2 Å². The van der Waals surface area contributed by atoms with Crippen LogP contribution in [0.4, 0.5) is 15.8 Å². The molecular weight excluding hydrogens is 303 g/mol. The Morgan fingerprint density at radius 3 is 2.88 bits per heavy atom. The van der Waals surface area contributed by atoms with Crippen LogP contribution in [0, 0.1) is 5.82 Å². The van der Waals surface area contributed by atoms with Crippen molar-refractivity contribution in [3.63, 3.8) is 0 Å². The second-order valence-corrected chi connectivity index (χ2v) is 5.57. The zero-order valence-corrected chi connectivity index (χ0v) is 11.6. The number of nitrogens with two attached hydrogens (primary N) is 1. The number of anilines is 2. The van der Waals surface area contributed by atoms with Gasteiger partial charge < -0.3 is 11.1 Å². The minimum absolute atomic E-state index is 0.109. The highest BCUT2D eigenvalue weighted by Crippen LogP contribution is 2.30. The molecule has 0 aliphatic carbocycles. The Morgan fingerprint density at radius 2 is 2.24 bits per heavy atom. The summed E-state index contributed by atoms with van der Waals surface area (Å²) in [6, 6.07) is 7.11. The van der Waals surface area contributed by atoms with Crippen LogP contribution in [0.3, 0.4) is 0 Å². The van der Waals surface area contributed by atoms with Crippen molar-refractivity contribution in [3.05, 3.63) is 44.8 Å². The molecule has 5 heteroatoms. The zero-order valence-electron chi connectivity index (χ0n) is 9.21. The van der Waals surface area contributed by atoms with Gasteiger partial charge in [-0.25, -0.2) is 4.39 Å². The summed E-state index contributed by atoms with van der Waals surface area (Å²) < 4.78 is 13.8. The molecule has 0 spiro atoms. The lowest BCUT2D eigenvalue weighted by atomic mass is 10.2. The van der Waals surface area contributed by atoms with Gasteiger partial charge in [0.05, 0.1) is 21.9 Å². The van der Waals surface area contributed by atoms with Gasteiger partial charge in [-0.05, 0) is 40.4 Å². The molecule has 0 bridgehead atoms. The van der Waals surface area contributed by atoms with Crippen LogP contribution in [0.25, 0.3) is 0 Å². The van der Waals surface area contributed by atoms with E-state index >= 15 is 0 Å². The Balaban J connectivity index is 2.22. The van der Waals surface area contributed by atoms with E-state index in [0.717, 1.165) is 0 Å². The summed E-state index contributed by atoms with van der Waals surface area (Å²) in [5.74, 6) is -0.319. The second kappa shape index (κ2) is 5.06. The lowest BCUT2D eigenvalue weighted by molar-refractivity contribution is 0.621. The van der Waals surface area contributed by atoms with Crippen molar-refractivity contribution in [2.45, 2.75) is 13.0 Å². The number of nitrogen functional groups attached to an aromatic ring is 1. The Kier molecular flexibility index (Phi) is 3.69. The number of halogens is 2. The Labute approximate surface area is 112 Å². The molecule has 1 heterocycles. The minimum Gasteiger partial charge on any atom is -0.397 e. The number of hydrogen-bond acceptors (Lipinski definition) is 3. The van der Waals surface area contributed by atoms with Crippen molar-refractivity contribution in [1.29, 1.82) is 0 Å². The van der Waals surface area contributed by atoms with Crippen molar-refractivity contribution < 1.29 is 4.39 Å². The first-order valence-corrected chi connectivity index (χ1v) is 6.79. The first-order chi connectivity index (χ1) is 8.08. The Morgan fingerprint density at radius 1 is 1.47 bits per heavy atom. The van der Waals surface area contributed by atoms with Gasteiger partial charge in [0, 0.05) is 10.9 Å². The Bertz CT molecular complexity index is 513. The third kappa shape index (κ3) is 2.79. The fourth-order valence-electron chi connectivity index (χ4n) is 1.53. The maximum Gasteiger partial charge on any atom is 0.139 e. The maximum atomic E-state index is 13.4. The molecule has 2 rings (SSSR count). The van der Waals surface area contributed by atoms with E-state index in [9.17, 15) is 4.39 Å². The first kappa shape index (κ1) is 12.4. The predicted octanol–water partition coefficient (Wildman–Crippen LogP) is 4.41. The molecule has 3 N–H and O–H groups in total. The third-order valence-corrected chi connectivity index (χ3v) is 4.10.